The third-order valence-corrected chi connectivity index (χ3v) is 8.93. The van der Waals surface area contributed by atoms with Gasteiger partial charge in [0.15, 0.2) is 0 Å². The van der Waals surface area contributed by atoms with Crippen molar-refractivity contribution < 1.29 is 17.7 Å². The molecule has 1 N–H and O–H groups in total. The monoisotopic (exact) mass is 508 g/mol. The Labute approximate surface area is 202 Å². The minimum Gasteiger partial charge on any atom is -0.339 e. The third-order valence-electron chi connectivity index (χ3n) is 5.51. The molecule has 3 aromatic rings. The van der Waals surface area contributed by atoms with E-state index in [4.69, 9.17) is 16.1 Å². The van der Waals surface area contributed by atoms with Crippen molar-refractivity contribution in [2.24, 2.45) is 5.92 Å². The molecule has 33 heavy (non-hydrogen) atoms. The molecular weight excluding hydrogens is 484 g/mol. The predicted molar refractivity (Wildman–Crippen MR) is 128 cm³/mol. The van der Waals surface area contributed by atoms with E-state index < -0.39 is 15.9 Å². The van der Waals surface area contributed by atoms with Crippen LogP contribution in [0.3, 0.4) is 0 Å². The number of aryl methyl sites for hydroxylation is 1. The number of benzene rings is 1. The van der Waals surface area contributed by atoms with Crippen LogP contribution in [0.25, 0.3) is 10.7 Å². The molecule has 1 unspecified atom stereocenters. The normalized spacial score (nSPS) is 17.4. The van der Waals surface area contributed by atoms with E-state index in [2.05, 4.69) is 15.5 Å². The van der Waals surface area contributed by atoms with Crippen molar-refractivity contribution >= 4 is 44.6 Å². The summed E-state index contributed by atoms with van der Waals surface area (Å²) in [5.41, 5.74) is 0.628. The number of nitrogens with zero attached hydrogens (tertiary/aromatic N) is 3. The first-order chi connectivity index (χ1) is 15.6. The van der Waals surface area contributed by atoms with Gasteiger partial charge in [0.25, 0.3) is 0 Å². The van der Waals surface area contributed by atoms with Crippen molar-refractivity contribution in [2.45, 2.75) is 44.4 Å². The second-order valence-electron chi connectivity index (χ2n) is 8.34. The molecule has 11 heteroatoms. The van der Waals surface area contributed by atoms with Crippen LogP contribution in [0.15, 0.2) is 39.8 Å². The summed E-state index contributed by atoms with van der Waals surface area (Å²) in [5, 5.41) is 7.43. The maximum absolute atomic E-state index is 13.5. The highest BCUT2D eigenvalue weighted by molar-refractivity contribution is 7.89. The number of halogens is 1. The summed E-state index contributed by atoms with van der Waals surface area (Å²) in [7, 11) is -3.77. The molecule has 1 aliphatic heterocycles. The van der Waals surface area contributed by atoms with Crippen LogP contribution in [-0.4, -0.2) is 41.9 Å². The minimum absolute atomic E-state index is 0.0832. The number of thiophene rings is 1. The van der Waals surface area contributed by atoms with E-state index in [0.29, 0.717) is 51.6 Å². The first-order valence-corrected chi connectivity index (χ1v) is 13.3. The largest absolute Gasteiger partial charge is 0.339 e. The number of sulfonamides is 1. The lowest BCUT2D eigenvalue weighted by atomic mass is 9.99. The van der Waals surface area contributed by atoms with Crippen LogP contribution >= 0.6 is 22.9 Å². The summed E-state index contributed by atoms with van der Waals surface area (Å²) >= 11 is 7.21. The van der Waals surface area contributed by atoms with Crippen molar-refractivity contribution in [3.63, 3.8) is 0 Å². The Morgan fingerprint density at radius 1 is 1.30 bits per heavy atom. The van der Waals surface area contributed by atoms with E-state index in [0.717, 1.165) is 0 Å². The number of piperidine rings is 1. The number of carbonyl (C=O) groups excluding carboxylic acids is 1. The predicted octanol–water partition coefficient (Wildman–Crippen LogP) is 4.92. The molecule has 4 rings (SSSR count). The van der Waals surface area contributed by atoms with Gasteiger partial charge in [-0.05, 0) is 50.1 Å². The van der Waals surface area contributed by atoms with Gasteiger partial charge in [0.2, 0.25) is 27.6 Å². The number of hydrogen-bond donors (Lipinski definition) is 1. The Balaban J connectivity index is 1.51. The zero-order chi connectivity index (χ0) is 23.8. The molecule has 176 valence electrons. The molecule has 1 fully saturated rings. The quantitative estimate of drug-likeness (QED) is 0.506. The van der Waals surface area contributed by atoms with E-state index in [9.17, 15) is 13.2 Å². The van der Waals surface area contributed by atoms with Crippen molar-refractivity contribution in [1.29, 1.82) is 0 Å². The van der Waals surface area contributed by atoms with Gasteiger partial charge in [-0.2, -0.15) is 9.29 Å². The van der Waals surface area contributed by atoms with Crippen molar-refractivity contribution in [1.82, 2.24) is 14.4 Å². The highest BCUT2D eigenvalue weighted by Gasteiger charge is 2.35. The standard InChI is InChI=1S/C22H25ClN4O4S2/c1-13(2)22-25-20(26-31-22)18-11-19(14(3)32-18)33(29,30)27-10-4-5-15(12-27)21(28)24-17-8-6-16(23)7-9-17/h6-9,11,13,15H,4-5,10,12H2,1-3H3,(H,24,28). The zero-order valence-electron chi connectivity index (χ0n) is 18.5. The summed E-state index contributed by atoms with van der Waals surface area (Å²) in [6, 6.07) is 8.42. The lowest BCUT2D eigenvalue weighted by Gasteiger charge is -2.31. The lowest BCUT2D eigenvalue weighted by Crippen LogP contribution is -2.43. The number of hydrogen-bond acceptors (Lipinski definition) is 7. The van der Waals surface area contributed by atoms with Gasteiger partial charge >= 0.3 is 0 Å². The van der Waals surface area contributed by atoms with Crippen LogP contribution in [0.2, 0.25) is 5.02 Å². The Bertz CT molecular complexity index is 1250. The minimum atomic E-state index is -3.77. The Morgan fingerprint density at radius 2 is 2.03 bits per heavy atom. The topological polar surface area (TPSA) is 105 Å². The molecule has 3 heterocycles. The van der Waals surface area contributed by atoms with Gasteiger partial charge < -0.3 is 9.84 Å². The van der Waals surface area contributed by atoms with E-state index in [-0.39, 0.29) is 23.3 Å². The smallest absolute Gasteiger partial charge is 0.244 e. The molecule has 1 aromatic carbocycles. The summed E-state index contributed by atoms with van der Waals surface area (Å²) in [6.45, 7) is 6.16. The van der Waals surface area contributed by atoms with E-state index >= 15 is 0 Å². The molecule has 0 bridgehead atoms. The van der Waals surface area contributed by atoms with Crippen molar-refractivity contribution in [2.75, 3.05) is 18.4 Å². The molecule has 0 aliphatic carbocycles. The van der Waals surface area contributed by atoms with Crippen LogP contribution in [0.5, 0.6) is 0 Å². The van der Waals surface area contributed by atoms with Crippen LogP contribution < -0.4 is 5.32 Å². The van der Waals surface area contributed by atoms with Crippen LogP contribution in [0, 0.1) is 12.8 Å². The second-order valence-corrected chi connectivity index (χ2v) is 11.9. The molecule has 0 saturated carbocycles. The highest BCUT2D eigenvalue weighted by atomic mass is 35.5. The van der Waals surface area contributed by atoms with Crippen LogP contribution in [0.1, 0.15) is 43.4 Å². The fourth-order valence-electron chi connectivity index (χ4n) is 3.69. The molecule has 1 saturated heterocycles. The summed E-state index contributed by atoms with van der Waals surface area (Å²) in [5.74, 6) is 0.333. The Morgan fingerprint density at radius 3 is 2.70 bits per heavy atom. The third kappa shape index (κ3) is 5.13. The molecule has 1 aliphatic rings. The Kier molecular flexibility index (Phi) is 6.90. The average Bonchev–Trinajstić information content (AvgIpc) is 3.43. The van der Waals surface area contributed by atoms with Crippen LogP contribution in [-0.2, 0) is 14.8 Å². The SMILES string of the molecule is Cc1sc(-c2noc(C(C)C)n2)cc1S(=O)(=O)N1CCCC(C(=O)Nc2ccc(Cl)cc2)C1. The molecule has 1 atom stereocenters. The second kappa shape index (κ2) is 9.54. The maximum atomic E-state index is 13.5. The first kappa shape index (κ1) is 23.9. The van der Waals surface area contributed by atoms with Gasteiger partial charge in [-0.1, -0.05) is 30.6 Å². The fraction of sp³-hybridized carbons (Fsp3) is 0.409. The molecular formula is C22H25ClN4O4S2. The van der Waals surface area contributed by atoms with Crippen molar-refractivity contribution in [3.05, 3.63) is 46.1 Å². The molecule has 0 radical (unpaired) electrons. The summed E-state index contributed by atoms with van der Waals surface area (Å²) in [6.07, 6.45) is 1.23. The average molecular weight is 509 g/mol. The van der Waals surface area contributed by atoms with Crippen LogP contribution in [0.4, 0.5) is 5.69 Å². The molecule has 8 nitrogen and oxygen atoms in total. The van der Waals surface area contributed by atoms with Gasteiger partial charge in [0.1, 0.15) is 0 Å². The highest BCUT2D eigenvalue weighted by Crippen LogP contribution is 2.35. The van der Waals surface area contributed by atoms with Gasteiger partial charge in [-0.25, -0.2) is 8.42 Å². The molecule has 0 spiro atoms. The number of nitrogens with one attached hydrogen (secondary N) is 1. The molecule has 1 amide bonds. The fourth-order valence-corrected chi connectivity index (χ4v) is 6.83. The van der Waals surface area contributed by atoms with E-state index in [1.54, 1.807) is 37.3 Å². The van der Waals surface area contributed by atoms with Gasteiger partial charge in [-0.3, -0.25) is 4.79 Å². The van der Waals surface area contributed by atoms with Gasteiger partial charge in [-0.15, -0.1) is 11.3 Å². The summed E-state index contributed by atoms with van der Waals surface area (Å²) in [4.78, 5) is 18.7. The van der Waals surface area contributed by atoms with Crippen molar-refractivity contribution in [3.8, 4) is 10.7 Å². The number of carbonyl (C=O) groups is 1. The summed E-state index contributed by atoms with van der Waals surface area (Å²) < 4.78 is 33.6. The Hall–Kier alpha value is -2.27. The number of aromatic nitrogens is 2. The molecule has 2 aromatic heterocycles. The van der Waals surface area contributed by atoms with Gasteiger partial charge in [0.05, 0.1) is 15.7 Å². The van der Waals surface area contributed by atoms with E-state index in [1.807, 2.05) is 13.8 Å². The first-order valence-electron chi connectivity index (χ1n) is 10.7. The zero-order valence-corrected chi connectivity index (χ0v) is 20.9. The number of amides is 1. The van der Waals surface area contributed by atoms with Gasteiger partial charge in [0, 0.05) is 34.6 Å². The number of rotatable bonds is 6. The van der Waals surface area contributed by atoms with E-state index in [1.165, 1.54) is 15.6 Å². The number of anilines is 1. The lowest BCUT2D eigenvalue weighted by molar-refractivity contribution is -0.120. The maximum Gasteiger partial charge on any atom is 0.244 e.